The predicted octanol–water partition coefficient (Wildman–Crippen LogP) is 1.41. The van der Waals surface area contributed by atoms with E-state index in [1.807, 2.05) is 0 Å². The fourth-order valence-corrected chi connectivity index (χ4v) is 3.49. The number of amides is 3. The van der Waals surface area contributed by atoms with Crippen LogP contribution in [0, 0.1) is 0 Å². The van der Waals surface area contributed by atoms with Crippen molar-refractivity contribution in [3.63, 3.8) is 0 Å². The SMILES string of the molecule is CS(=O)(=O)c1ccc(-c2cc(C(N)=O)c(NC(N)=O)s2)cc1. The van der Waals surface area contributed by atoms with E-state index in [0.717, 1.165) is 17.6 Å². The smallest absolute Gasteiger partial charge is 0.317 e. The molecular formula is C13H13N3O4S2. The number of hydrogen-bond donors (Lipinski definition) is 3. The number of nitrogens with one attached hydrogen (secondary N) is 1. The summed E-state index contributed by atoms with van der Waals surface area (Å²) in [5, 5.41) is 2.59. The minimum absolute atomic E-state index is 0.144. The topological polar surface area (TPSA) is 132 Å². The maximum Gasteiger partial charge on any atom is 0.317 e. The third-order valence-electron chi connectivity index (χ3n) is 2.80. The molecule has 116 valence electrons. The third-order valence-corrected chi connectivity index (χ3v) is 5.03. The van der Waals surface area contributed by atoms with Gasteiger partial charge in [-0.05, 0) is 23.8 Å². The normalized spacial score (nSPS) is 11.1. The Labute approximate surface area is 130 Å². The van der Waals surface area contributed by atoms with Crippen molar-refractivity contribution in [2.24, 2.45) is 11.5 Å². The van der Waals surface area contributed by atoms with E-state index >= 15 is 0 Å². The molecule has 0 fully saturated rings. The first-order valence-corrected chi connectivity index (χ1v) is 8.70. The monoisotopic (exact) mass is 339 g/mol. The average molecular weight is 339 g/mol. The van der Waals surface area contributed by atoms with E-state index in [9.17, 15) is 18.0 Å². The highest BCUT2D eigenvalue weighted by molar-refractivity contribution is 7.90. The maximum atomic E-state index is 11.4. The summed E-state index contributed by atoms with van der Waals surface area (Å²) in [7, 11) is -3.28. The van der Waals surface area contributed by atoms with E-state index in [1.54, 1.807) is 12.1 Å². The molecule has 1 aromatic carbocycles. The Kier molecular flexibility index (Phi) is 4.20. The van der Waals surface area contributed by atoms with E-state index in [4.69, 9.17) is 11.5 Å². The largest absolute Gasteiger partial charge is 0.366 e. The van der Waals surface area contributed by atoms with Crippen LogP contribution in [0.4, 0.5) is 9.80 Å². The summed E-state index contributed by atoms with van der Waals surface area (Å²) in [6, 6.07) is 6.88. The first-order chi connectivity index (χ1) is 10.2. The molecule has 0 spiro atoms. The third kappa shape index (κ3) is 3.43. The number of carbonyl (C=O) groups is 2. The van der Waals surface area contributed by atoms with Crippen LogP contribution in [-0.4, -0.2) is 26.6 Å². The van der Waals surface area contributed by atoms with Gasteiger partial charge in [0, 0.05) is 11.1 Å². The number of sulfone groups is 1. The van der Waals surface area contributed by atoms with Crippen molar-refractivity contribution in [3.05, 3.63) is 35.9 Å². The van der Waals surface area contributed by atoms with E-state index in [0.29, 0.717) is 10.4 Å². The van der Waals surface area contributed by atoms with Crippen molar-refractivity contribution in [2.45, 2.75) is 4.90 Å². The van der Waals surface area contributed by atoms with Gasteiger partial charge < -0.3 is 11.5 Å². The minimum Gasteiger partial charge on any atom is -0.366 e. The molecule has 0 saturated carbocycles. The highest BCUT2D eigenvalue weighted by Crippen LogP contribution is 2.35. The minimum atomic E-state index is -3.28. The highest BCUT2D eigenvalue weighted by atomic mass is 32.2. The zero-order valence-electron chi connectivity index (χ0n) is 11.5. The van der Waals surface area contributed by atoms with E-state index in [-0.39, 0.29) is 15.5 Å². The Morgan fingerprint density at radius 3 is 2.18 bits per heavy atom. The van der Waals surface area contributed by atoms with Crippen molar-refractivity contribution < 1.29 is 18.0 Å². The highest BCUT2D eigenvalue weighted by Gasteiger charge is 2.16. The van der Waals surface area contributed by atoms with Gasteiger partial charge >= 0.3 is 6.03 Å². The van der Waals surface area contributed by atoms with Crippen molar-refractivity contribution >= 4 is 38.1 Å². The molecule has 1 aromatic heterocycles. The zero-order valence-corrected chi connectivity index (χ0v) is 13.1. The van der Waals surface area contributed by atoms with Crippen molar-refractivity contribution in [2.75, 3.05) is 11.6 Å². The lowest BCUT2D eigenvalue weighted by Gasteiger charge is -2.00. The van der Waals surface area contributed by atoms with Gasteiger partial charge in [-0.3, -0.25) is 10.1 Å². The van der Waals surface area contributed by atoms with Crippen LogP contribution in [-0.2, 0) is 9.84 Å². The molecule has 0 saturated heterocycles. The first kappa shape index (κ1) is 16.0. The first-order valence-electron chi connectivity index (χ1n) is 5.99. The molecule has 3 amide bonds. The number of rotatable bonds is 4. The molecule has 2 aromatic rings. The molecule has 0 bridgehead atoms. The summed E-state index contributed by atoms with van der Waals surface area (Å²) in [6.07, 6.45) is 1.12. The molecule has 22 heavy (non-hydrogen) atoms. The van der Waals surface area contributed by atoms with E-state index < -0.39 is 21.8 Å². The van der Waals surface area contributed by atoms with Crippen LogP contribution in [0.25, 0.3) is 10.4 Å². The van der Waals surface area contributed by atoms with Gasteiger partial charge in [0.15, 0.2) is 9.84 Å². The van der Waals surface area contributed by atoms with E-state index in [1.165, 1.54) is 18.2 Å². The average Bonchev–Trinajstić information content (AvgIpc) is 2.81. The molecule has 2 rings (SSSR count). The number of benzene rings is 1. The second-order valence-corrected chi connectivity index (χ2v) is 7.57. The molecule has 9 heteroatoms. The lowest BCUT2D eigenvalue weighted by molar-refractivity contribution is 0.100. The van der Waals surface area contributed by atoms with Crippen LogP contribution in [0.15, 0.2) is 35.2 Å². The van der Waals surface area contributed by atoms with Gasteiger partial charge in [-0.1, -0.05) is 12.1 Å². The van der Waals surface area contributed by atoms with Crippen LogP contribution < -0.4 is 16.8 Å². The molecule has 0 aliphatic carbocycles. The number of nitrogens with two attached hydrogens (primary N) is 2. The fourth-order valence-electron chi connectivity index (χ4n) is 1.79. The molecule has 0 unspecified atom stereocenters. The molecule has 7 nitrogen and oxygen atoms in total. The van der Waals surface area contributed by atoms with E-state index in [2.05, 4.69) is 5.32 Å². The van der Waals surface area contributed by atoms with Crippen LogP contribution in [0.5, 0.6) is 0 Å². The van der Waals surface area contributed by atoms with Crippen LogP contribution in [0.1, 0.15) is 10.4 Å². The molecule has 5 N–H and O–H groups in total. The standard InChI is InChI=1S/C13H13N3O4S2/c1-22(19,20)8-4-2-7(3-5-8)10-6-9(11(14)17)12(21-10)16-13(15)18/h2-6H,1H3,(H2,14,17)(H3,15,16,18). The Hall–Kier alpha value is -2.39. The molecule has 0 aliphatic heterocycles. The summed E-state index contributed by atoms with van der Waals surface area (Å²) in [5.74, 6) is -0.695. The summed E-state index contributed by atoms with van der Waals surface area (Å²) < 4.78 is 22.9. The van der Waals surface area contributed by atoms with Gasteiger partial charge in [-0.15, -0.1) is 11.3 Å². The second kappa shape index (κ2) is 5.78. The number of thiophene rings is 1. The maximum absolute atomic E-state index is 11.4. The summed E-state index contributed by atoms with van der Waals surface area (Å²) in [5.41, 5.74) is 11.1. The number of carbonyl (C=O) groups excluding carboxylic acids is 2. The number of primary amides is 2. The van der Waals surface area contributed by atoms with Gasteiger partial charge in [0.2, 0.25) is 0 Å². The van der Waals surface area contributed by atoms with Gasteiger partial charge in [-0.25, -0.2) is 13.2 Å². The Morgan fingerprint density at radius 2 is 1.73 bits per heavy atom. The van der Waals surface area contributed by atoms with Gasteiger partial charge in [0.25, 0.3) is 5.91 Å². The van der Waals surface area contributed by atoms with Gasteiger partial charge in [0.05, 0.1) is 10.5 Å². The Balaban J connectivity index is 2.45. The Morgan fingerprint density at radius 1 is 1.14 bits per heavy atom. The second-order valence-electron chi connectivity index (χ2n) is 4.50. The number of urea groups is 1. The van der Waals surface area contributed by atoms with Crippen molar-refractivity contribution in [3.8, 4) is 10.4 Å². The number of anilines is 1. The quantitative estimate of drug-likeness (QED) is 0.776. The van der Waals surface area contributed by atoms with Gasteiger partial charge in [0.1, 0.15) is 5.00 Å². The van der Waals surface area contributed by atoms with Gasteiger partial charge in [-0.2, -0.15) is 0 Å². The molecule has 0 aliphatic rings. The summed E-state index contributed by atoms with van der Waals surface area (Å²) in [6.45, 7) is 0. The molecule has 0 atom stereocenters. The lowest BCUT2D eigenvalue weighted by atomic mass is 10.1. The zero-order chi connectivity index (χ0) is 16.5. The molecule has 1 heterocycles. The molecular weight excluding hydrogens is 326 g/mol. The molecule has 0 radical (unpaired) electrons. The predicted molar refractivity (Wildman–Crippen MR) is 84.6 cm³/mol. The number of hydrogen-bond acceptors (Lipinski definition) is 5. The van der Waals surface area contributed by atoms with Crippen molar-refractivity contribution in [1.82, 2.24) is 0 Å². The van der Waals surface area contributed by atoms with Crippen LogP contribution in [0.3, 0.4) is 0 Å². The van der Waals surface area contributed by atoms with Crippen molar-refractivity contribution in [1.29, 1.82) is 0 Å². The summed E-state index contributed by atoms with van der Waals surface area (Å²) in [4.78, 5) is 23.2. The fraction of sp³-hybridized carbons (Fsp3) is 0.0769. The van der Waals surface area contributed by atoms with Crippen LogP contribution >= 0.6 is 11.3 Å². The summed E-state index contributed by atoms with van der Waals surface area (Å²) >= 11 is 1.12. The van der Waals surface area contributed by atoms with Crippen LogP contribution in [0.2, 0.25) is 0 Å². The lowest BCUT2D eigenvalue weighted by Crippen LogP contribution is -2.21. The Bertz CT molecular complexity index is 839.